The molecule has 0 spiro atoms. The molecule has 18 heavy (non-hydrogen) atoms. The number of carboxylic acid groups (broad SMARTS) is 1. The van der Waals surface area contributed by atoms with Gasteiger partial charge in [-0.25, -0.2) is 4.79 Å². The van der Waals surface area contributed by atoms with Crippen molar-refractivity contribution in [2.45, 2.75) is 19.3 Å². The maximum Gasteiger partial charge on any atom is 0.337 e. The van der Waals surface area contributed by atoms with Gasteiger partial charge < -0.3 is 15.2 Å². The zero-order valence-corrected chi connectivity index (χ0v) is 10.4. The van der Waals surface area contributed by atoms with Gasteiger partial charge in [-0.05, 0) is 37.3 Å². The van der Waals surface area contributed by atoms with E-state index in [1.807, 2.05) is 6.07 Å². The minimum atomic E-state index is -0.890. The van der Waals surface area contributed by atoms with Crippen LogP contribution in [0.2, 0.25) is 0 Å². The predicted molar refractivity (Wildman–Crippen MR) is 70.1 cm³/mol. The summed E-state index contributed by atoms with van der Waals surface area (Å²) in [7, 11) is 0. The van der Waals surface area contributed by atoms with E-state index < -0.39 is 5.97 Å². The lowest BCUT2D eigenvalue weighted by atomic mass is 9.98. The molecule has 1 atom stereocenters. The minimum Gasteiger partial charge on any atom is -0.478 e. The molecular formula is C14H19NO3. The molecule has 2 rings (SSSR count). The van der Waals surface area contributed by atoms with Crippen LogP contribution in [0.25, 0.3) is 0 Å². The van der Waals surface area contributed by atoms with Gasteiger partial charge in [-0.2, -0.15) is 0 Å². The van der Waals surface area contributed by atoms with Gasteiger partial charge in [-0.15, -0.1) is 0 Å². The third-order valence-electron chi connectivity index (χ3n) is 3.28. The zero-order valence-electron chi connectivity index (χ0n) is 10.4. The van der Waals surface area contributed by atoms with Crippen LogP contribution >= 0.6 is 0 Å². The van der Waals surface area contributed by atoms with E-state index in [-0.39, 0.29) is 0 Å². The summed E-state index contributed by atoms with van der Waals surface area (Å²) in [6.45, 7) is 2.51. The predicted octanol–water partition coefficient (Wildman–Crippen LogP) is 2.61. The normalized spacial score (nSPS) is 19.4. The maximum absolute atomic E-state index is 11.0. The Morgan fingerprint density at radius 2 is 2.28 bits per heavy atom. The number of benzene rings is 1. The van der Waals surface area contributed by atoms with Crippen molar-refractivity contribution in [2.75, 3.05) is 25.1 Å². The highest BCUT2D eigenvalue weighted by Crippen LogP contribution is 2.19. The number of hydrogen-bond acceptors (Lipinski definition) is 3. The third kappa shape index (κ3) is 3.47. The number of carboxylic acids is 1. The Morgan fingerprint density at radius 3 is 3.00 bits per heavy atom. The first kappa shape index (κ1) is 12.9. The van der Waals surface area contributed by atoms with Gasteiger partial charge in [0.15, 0.2) is 0 Å². The highest BCUT2D eigenvalue weighted by Gasteiger charge is 2.14. The molecule has 4 heteroatoms. The highest BCUT2D eigenvalue weighted by atomic mass is 16.5. The van der Waals surface area contributed by atoms with Crippen molar-refractivity contribution >= 4 is 11.7 Å². The summed E-state index contributed by atoms with van der Waals surface area (Å²) in [5.41, 5.74) is 1.03. The van der Waals surface area contributed by atoms with Crippen LogP contribution in [0.3, 0.4) is 0 Å². The molecule has 1 aliphatic heterocycles. The standard InChI is InChI=1S/C14H19NO3/c16-14(17)12-5-1-2-6-13(12)15-8-7-11-4-3-9-18-10-11/h1-2,5-6,11,15H,3-4,7-10H2,(H,16,17). The van der Waals surface area contributed by atoms with Gasteiger partial charge in [0, 0.05) is 25.4 Å². The van der Waals surface area contributed by atoms with Gasteiger partial charge in [0.05, 0.1) is 5.56 Å². The number of nitrogens with one attached hydrogen (secondary N) is 1. The summed E-state index contributed by atoms with van der Waals surface area (Å²) < 4.78 is 5.42. The van der Waals surface area contributed by atoms with Gasteiger partial charge >= 0.3 is 5.97 Å². The summed E-state index contributed by atoms with van der Waals surface area (Å²) in [6, 6.07) is 7.01. The Kier molecular flexibility index (Phi) is 4.59. The van der Waals surface area contributed by atoms with Crippen LogP contribution in [0.1, 0.15) is 29.6 Å². The maximum atomic E-state index is 11.0. The van der Waals surface area contributed by atoms with E-state index in [1.165, 1.54) is 6.42 Å². The lowest BCUT2D eigenvalue weighted by molar-refractivity contribution is 0.0530. The number of rotatable bonds is 5. The van der Waals surface area contributed by atoms with E-state index in [0.717, 1.165) is 32.6 Å². The first-order valence-electron chi connectivity index (χ1n) is 6.41. The van der Waals surface area contributed by atoms with E-state index in [9.17, 15) is 4.79 Å². The minimum absolute atomic E-state index is 0.331. The van der Waals surface area contributed by atoms with Gasteiger partial charge in [-0.1, -0.05) is 12.1 Å². The second kappa shape index (κ2) is 6.40. The van der Waals surface area contributed by atoms with Crippen molar-refractivity contribution in [2.24, 2.45) is 5.92 Å². The number of para-hydroxylation sites is 1. The summed E-state index contributed by atoms with van der Waals surface area (Å²) in [6.07, 6.45) is 3.37. The smallest absolute Gasteiger partial charge is 0.337 e. The lowest BCUT2D eigenvalue weighted by Crippen LogP contribution is -2.20. The molecule has 0 aliphatic carbocycles. The molecule has 1 heterocycles. The van der Waals surface area contributed by atoms with Crippen molar-refractivity contribution in [3.8, 4) is 0 Å². The molecule has 98 valence electrons. The quantitative estimate of drug-likeness (QED) is 0.842. The second-order valence-corrected chi connectivity index (χ2v) is 4.65. The van der Waals surface area contributed by atoms with E-state index in [4.69, 9.17) is 9.84 Å². The molecule has 0 radical (unpaired) electrons. The Morgan fingerprint density at radius 1 is 1.44 bits per heavy atom. The lowest BCUT2D eigenvalue weighted by Gasteiger charge is -2.22. The van der Waals surface area contributed by atoms with Crippen LogP contribution in [0.5, 0.6) is 0 Å². The molecule has 1 saturated heterocycles. The molecule has 0 saturated carbocycles. The number of anilines is 1. The SMILES string of the molecule is O=C(O)c1ccccc1NCCC1CCCOC1. The molecule has 2 N–H and O–H groups in total. The summed E-state index contributed by atoms with van der Waals surface area (Å²) in [4.78, 5) is 11.0. The third-order valence-corrected chi connectivity index (χ3v) is 3.28. The summed E-state index contributed by atoms with van der Waals surface area (Å²) in [5.74, 6) is -0.289. The zero-order chi connectivity index (χ0) is 12.8. The number of aromatic carboxylic acids is 1. The molecule has 4 nitrogen and oxygen atoms in total. The number of hydrogen-bond donors (Lipinski definition) is 2. The molecule has 1 unspecified atom stereocenters. The van der Waals surface area contributed by atoms with Crippen LogP contribution < -0.4 is 5.32 Å². The molecule has 0 aromatic heterocycles. The van der Waals surface area contributed by atoms with Crippen LogP contribution in [0, 0.1) is 5.92 Å². The average Bonchev–Trinajstić information content (AvgIpc) is 2.40. The van der Waals surface area contributed by atoms with E-state index in [0.29, 0.717) is 17.2 Å². The fourth-order valence-electron chi connectivity index (χ4n) is 2.27. The molecule has 0 bridgehead atoms. The average molecular weight is 249 g/mol. The van der Waals surface area contributed by atoms with Crippen LogP contribution in [-0.2, 0) is 4.74 Å². The van der Waals surface area contributed by atoms with Crippen LogP contribution in [0.4, 0.5) is 5.69 Å². The van der Waals surface area contributed by atoms with Gasteiger partial charge in [0.2, 0.25) is 0 Å². The highest BCUT2D eigenvalue weighted by molar-refractivity contribution is 5.94. The van der Waals surface area contributed by atoms with Crippen molar-refractivity contribution in [3.63, 3.8) is 0 Å². The van der Waals surface area contributed by atoms with Crippen molar-refractivity contribution in [1.82, 2.24) is 0 Å². The van der Waals surface area contributed by atoms with Gasteiger partial charge in [0.1, 0.15) is 0 Å². The molecular weight excluding hydrogens is 230 g/mol. The summed E-state index contributed by atoms with van der Waals surface area (Å²) in [5, 5.41) is 12.3. The largest absolute Gasteiger partial charge is 0.478 e. The Hall–Kier alpha value is -1.55. The molecule has 1 aromatic rings. The monoisotopic (exact) mass is 249 g/mol. The first-order valence-corrected chi connectivity index (χ1v) is 6.41. The molecule has 1 fully saturated rings. The molecule has 0 amide bonds. The van der Waals surface area contributed by atoms with E-state index in [2.05, 4.69) is 5.32 Å². The molecule has 1 aromatic carbocycles. The fraction of sp³-hybridized carbons (Fsp3) is 0.500. The Balaban J connectivity index is 1.84. The second-order valence-electron chi connectivity index (χ2n) is 4.65. The Bertz CT molecular complexity index is 400. The van der Waals surface area contributed by atoms with E-state index >= 15 is 0 Å². The van der Waals surface area contributed by atoms with Crippen LogP contribution in [-0.4, -0.2) is 30.8 Å². The first-order chi connectivity index (χ1) is 8.77. The molecule has 1 aliphatic rings. The van der Waals surface area contributed by atoms with Gasteiger partial charge in [0.25, 0.3) is 0 Å². The summed E-state index contributed by atoms with van der Waals surface area (Å²) >= 11 is 0. The number of ether oxygens (including phenoxy) is 1. The topological polar surface area (TPSA) is 58.6 Å². The Labute approximate surface area is 107 Å². The van der Waals surface area contributed by atoms with Crippen LogP contribution in [0.15, 0.2) is 24.3 Å². The van der Waals surface area contributed by atoms with Crippen molar-refractivity contribution in [1.29, 1.82) is 0 Å². The van der Waals surface area contributed by atoms with E-state index in [1.54, 1.807) is 18.2 Å². The van der Waals surface area contributed by atoms with Gasteiger partial charge in [-0.3, -0.25) is 0 Å². The van der Waals surface area contributed by atoms with Crippen molar-refractivity contribution in [3.05, 3.63) is 29.8 Å². The fourth-order valence-corrected chi connectivity index (χ4v) is 2.27. The van der Waals surface area contributed by atoms with Crippen molar-refractivity contribution < 1.29 is 14.6 Å². The number of carbonyl (C=O) groups is 1.